The number of carbonyl (C=O) groups is 1. The summed E-state index contributed by atoms with van der Waals surface area (Å²) < 4.78 is 0. The van der Waals surface area contributed by atoms with Crippen molar-refractivity contribution < 1.29 is 9.90 Å². The molecule has 4 heteroatoms. The van der Waals surface area contributed by atoms with Crippen molar-refractivity contribution in [1.82, 2.24) is 10.3 Å². The van der Waals surface area contributed by atoms with Crippen molar-refractivity contribution in [3.05, 3.63) is 57.6 Å². The summed E-state index contributed by atoms with van der Waals surface area (Å²) in [7, 11) is 1.92. The Labute approximate surface area is 188 Å². The van der Waals surface area contributed by atoms with Crippen LogP contribution in [0.2, 0.25) is 0 Å². The van der Waals surface area contributed by atoms with Gasteiger partial charge in [-0.3, -0.25) is 9.78 Å². The number of aliphatic hydroxyl groups excluding tert-OH is 1. The molecule has 0 spiro atoms. The quantitative estimate of drug-likeness (QED) is 0.148. The van der Waals surface area contributed by atoms with Crippen molar-refractivity contribution in [2.24, 2.45) is 11.8 Å². The fourth-order valence-corrected chi connectivity index (χ4v) is 4.71. The molecule has 1 heterocycles. The second kappa shape index (κ2) is 11.3. The van der Waals surface area contributed by atoms with E-state index in [1.165, 1.54) is 36.1 Å². The normalized spacial score (nSPS) is 16.8. The molecule has 170 valence electrons. The van der Waals surface area contributed by atoms with E-state index < -0.39 is 0 Å². The van der Waals surface area contributed by atoms with Gasteiger partial charge in [0.2, 0.25) is 0 Å². The van der Waals surface area contributed by atoms with Gasteiger partial charge in [-0.05, 0) is 66.7 Å². The zero-order valence-corrected chi connectivity index (χ0v) is 20.3. The van der Waals surface area contributed by atoms with Crippen LogP contribution in [0.4, 0.5) is 0 Å². The molecule has 2 rings (SSSR count). The summed E-state index contributed by atoms with van der Waals surface area (Å²) in [5.41, 5.74) is 7.93. The lowest BCUT2D eigenvalue weighted by molar-refractivity contribution is -0.104. The molecule has 0 bridgehead atoms. The van der Waals surface area contributed by atoms with E-state index in [2.05, 4.69) is 45.7 Å². The Morgan fingerprint density at radius 1 is 1.29 bits per heavy atom. The summed E-state index contributed by atoms with van der Waals surface area (Å²) in [5.74, 6) is 0.418. The maximum atomic E-state index is 11.7. The molecular formula is C27H40N2O2. The minimum absolute atomic E-state index is 0.186. The van der Waals surface area contributed by atoms with Gasteiger partial charge in [0.05, 0.1) is 17.0 Å². The Kier molecular flexibility index (Phi) is 9.09. The SMILES string of the molecule is C=C(O)/C(C=O)=C(\C)C1=C(NC)c2nc(CCC)c(CCCCC)cc2CC1C(C)C. The van der Waals surface area contributed by atoms with Crippen LogP contribution >= 0.6 is 0 Å². The Hall–Kier alpha value is -2.36. The molecule has 0 aromatic carbocycles. The lowest BCUT2D eigenvalue weighted by Gasteiger charge is -2.34. The second-order valence-corrected chi connectivity index (χ2v) is 9.01. The molecule has 31 heavy (non-hydrogen) atoms. The number of pyridine rings is 1. The molecule has 0 aliphatic heterocycles. The molecular weight excluding hydrogens is 384 g/mol. The molecule has 1 aromatic rings. The Balaban J connectivity index is 2.75. The maximum Gasteiger partial charge on any atom is 0.154 e. The highest BCUT2D eigenvalue weighted by Crippen LogP contribution is 2.41. The molecule has 1 aliphatic carbocycles. The van der Waals surface area contributed by atoms with Gasteiger partial charge in [-0.15, -0.1) is 0 Å². The number of aldehydes is 1. The number of hydrogen-bond donors (Lipinski definition) is 2. The van der Waals surface area contributed by atoms with Crippen LogP contribution < -0.4 is 5.32 Å². The lowest BCUT2D eigenvalue weighted by atomic mass is 9.73. The summed E-state index contributed by atoms with van der Waals surface area (Å²) in [6, 6.07) is 2.39. The number of hydrogen-bond acceptors (Lipinski definition) is 4. The summed E-state index contributed by atoms with van der Waals surface area (Å²) in [5, 5.41) is 13.4. The van der Waals surface area contributed by atoms with Gasteiger partial charge in [-0.25, -0.2) is 0 Å². The van der Waals surface area contributed by atoms with Crippen molar-refractivity contribution in [2.45, 2.75) is 79.6 Å². The van der Waals surface area contributed by atoms with Gasteiger partial charge in [-0.1, -0.05) is 59.6 Å². The van der Waals surface area contributed by atoms with Crippen LogP contribution in [-0.2, 0) is 24.1 Å². The van der Waals surface area contributed by atoms with E-state index in [4.69, 9.17) is 4.98 Å². The van der Waals surface area contributed by atoms with Crippen LogP contribution in [0.15, 0.2) is 35.1 Å². The number of nitrogens with zero attached hydrogens (tertiary/aromatic N) is 1. The molecule has 2 N–H and O–H groups in total. The third-order valence-electron chi connectivity index (χ3n) is 6.41. The summed E-state index contributed by atoms with van der Waals surface area (Å²) in [6.45, 7) is 14.4. The third-order valence-corrected chi connectivity index (χ3v) is 6.41. The molecule has 1 atom stereocenters. The third kappa shape index (κ3) is 5.47. The van der Waals surface area contributed by atoms with Crippen molar-refractivity contribution in [1.29, 1.82) is 0 Å². The summed E-state index contributed by atoms with van der Waals surface area (Å²) >= 11 is 0. The number of carbonyl (C=O) groups excluding carboxylic acids is 1. The molecule has 0 radical (unpaired) electrons. The first-order valence-electron chi connectivity index (χ1n) is 11.8. The lowest BCUT2D eigenvalue weighted by Crippen LogP contribution is -2.28. The van der Waals surface area contributed by atoms with Crippen LogP contribution in [0.3, 0.4) is 0 Å². The van der Waals surface area contributed by atoms with Crippen molar-refractivity contribution in [3.8, 4) is 0 Å². The molecule has 1 aliphatic rings. The second-order valence-electron chi connectivity index (χ2n) is 9.01. The number of unbranched alkanes of at least 4 members (excludes halogenated alkanes) is 2. The first-order valence-corrected chi connectivity index (χ1v) is 11.8. The highest BCUT2D eigenvalue weighted by Gasteiger charge is 2.32. The largest absolute Gasteiger partial charge is 0.508 e. The average molecular weight is 425 g/mol. The molecule has 4 nitrogen and oxygen atoms in total. The van der Waals surface area contributed by atoms with E-state index in [9.17, 15) is 9.90 Å². The highest BCUT2D eigenvalue weighted by molar-refractivity contribution is 5.84. The first-order chi connectivity index (χ1) is 14.8. The van der Waals surface area contributed by atoms with Crippen LogP contribution in [0.25, 0.3) is 5.70 Å². The first kappa shape index (κ1) is 24.9. The van der Waals surface area contributed by atoms with Crippen molar-refractivity contribution >= 4 is 12.0 Å². The number of fused-ring (bicyclic) bond motifs is 1. The van der Waals surface area contributed by atoms with Crippen LogP contribution in [-0.4, -0.2) is 23.4 Å². The minimum Gasteiger partial charge on any atom is -0.508 e. The number of allylic oxidation sites excluding steroid dienone is 3. The molecule has 1 aromatic heterocycles. The van der Waals surface area contributed by atoms with Gasteiger partial charge >= 0.3 is 0 Å². The molecule has 1 unspecified atom stereocenters. The molecule has 0 amide bonds. The smallest absolute Gasteiger partial charge is 0.154 e. The zero-order valence-electron chi connectivity index (χ0n) is 20.3. The standard InChI is InChI=1S/C27H40N2O2/c1-8-10-11-13-20-14-21-15-22(17(3)4)25(18(5)23(16-30)19(6)31)27(28-7)26(21)29-24(20)12-9-2/h14,16-17,22,28,31H,6,8-13,15H2,1-5,7H3/b23-18+. The van der Waals surface area contributed by atoms with Gasteiger partial charge in [0, 0.05) is 12.7 Å². The summed E-state index contributed by atoms with van der Waals surface area (Å²) in [6.07, 6.45) is 8.36. The van der Waals surface area contributed by atoms with Gasteiger partial charge in [0.15, 0.2) is 6.29 Å². The maximum absolute atomic E-state index is 11.7. The van der Waals surface area contributed by atoms with Crippen molar-refractivity contribution in [3.63, 3.8) is 0 Å². The number of rotatable bonds is 11. The average Bonchev–Trinajstić information content (AvgIpc) is 2.73. The Morgan fingerprint density at radius 3 is 2.52 bits per heavy atom. The van der Waals surface area contributed by atoms with Crippen LogP contribution in [0.5, 0.6) is 0 Å². The highest BCUT2D eigenvalue weighted by atomic mass is 16.3. The van der Waals surface area contributed by atoms with Crippen molar-refractivity contribution in [2.75, 3.05) is 7.05 Å². The molecule has 0 saturated heterocycles. The van der Waals surface area contributed by atoms with E-state index in [1.54, 1.807) is 0 Å². The van der Waals surface area contributed by atoms with E-state index in [-0.39, 0.29) is 17.3 Å². The summed E-state index contributed by atoms with van der Waals surface area (Å²) in [4.78, 5) is 16.9. The zero-order chi connectivity index (χ0) is 23.1. The molecule has 0 fully saturated rings. The van der Waals surface area contributed by atoms with E-state index in [0.717, 1.165) is 48.2 Å². The Bertz CT molecular complexity index is 877. The predicted molar refractivity (Wildman–Crippen MR) is 130 cm³/mol. The van der Waals surface area contributed by atoms with E-state index >= 15 is 0 Å². The fourth-order valence-electron chi connectivity index (χ4n) is 4.71. The fraction of sp³-hybridized carbons (Fsp3) is 0.556. The Morgan fingerprint density at radius 2 is 2.00 bits per heavy atom. The molecule has 0 saturated carbocycles. The number of aliphatic hydroxyl groups is 1. The van der Waals surface area contributed by atoms with E-state index in [0.29, 0.717) is 12.2 Å². The number of aryl methyl sites for hydroxylation is 2. The van der Waals surface area contributed by atoms with Gasteiger partial charge in [0.1, 0.15) is 5.76 Å². The number of nitrogens with one attached hydrogen (secondary N) is 1. The van der Waals surface area contributed by atoms with Gasteiger partial charge in [0.25, 0.3) is 0 Å². The minimum atomic E-state index is -0.186. The predicted octanol–water partition coefficient (Wildman–Crippen LogP) is 6.11. The monoisotopic (exact) mass is 424 g/mol. The topological polar surface area (TPSA) is 62.2 Å². The van der Waals surface area contributed by atoms with Gasteiger partial charge in [-0.2, -0.15) is 0 Å². The van der Waals surface area contributed by atoms with Gasteiger partial charge < -0.3 is 10.4 Å². The van der Waals surface area contributed by atoms with Crippen LogP contribution in [0.1, 0.15) is 82.8 Å². The number of aromatic nitrogens is 1. The van der Waals surface area contributed by atoms with Crippen LogP contribution in [0, 0.1) is 11.8 Å². The van der Waals surface area contributed by atoms with E-state index in [1.807, 2.05) is 14.0 Å².